The Bertz CT molecular complexity index is 886. The van der Waals surface area contributed by atoms with E-state index in [1.807, 2.05) is 12.2 Å². The van der Waals surface area contributed by atoms with E-state index in [4.69, 9.17) is 16.3 Å². The van der Waals surface area contributed by atoms with Crippen molar-refractivity contribution in [2.75, 3.05) is 26.8 Å². The average molecular weight is 557 g/mol. The number of rotatable bonds is 18. The highest BCUT2D eigenvalue weighted by molar-refractivity contribution is 6.30. The minimum Gasteiger partial charge on any atom is -0.491 e. The lowest BCUT2D eigenvalue weighted by molar-refractivity contribution is -0.757. The molecule has 1 aliphatic rings. The van der Waals surface area contributed by atoms with Crippen LogP contribution in [0.15, 0.2) is 36.4 Å². The van der Waals surface area contributed by atoms with Gasteiger partial charge in [-0.1, -0.05) is 29.8 Å². The number of benzene rings is 1. The summed E-state index contributed by atoms with van der Waals surface area (Å²) in [4.78, 5) is 28.2. The van der Waals surface area contributed by atoms with Crippen LogP contribution < -0.4 is 4.74 Å². The number of unbranched alkanes of at least 4 members (excludes halogenated alkanes) is 2. The van der Waals surface area contributed by atoms with Crippen LogP contribution in [0.3, 0.4) is 0 Å². The van der Waals surface area contributed by atoms with Crippen molar-refractivity contribution in [1.29, 1.82) is 0 Å². The molecule has 1 saturated carbocycles. The van der Waals surface area contributed by atoms with E-state index < -0.39 is 23.4 Å². The van der Waals surface area contributed by atoms with Crippen molar-refractivity contribution < 1.29 is 34.8 Å². The maximum atomic E-state index is 12.2. The fourth-order valence-electron chi connectivity index (χ4n) is 4.77. The van der Waals surface area contributed by atoms with E-state index in [0.29, 0.717) is 68.7 Å². The van der Waals surface area contributed by atoms with Gasteiger partial charge in [-0.25, -0.2) is 0 Å². The van der Waals surface area contributed by atoms with E-state index in [-0.39, 0.29) is 31.0 Å². The monoisotopic (exact) mass is 556 g/mol. The first-order chi connectivity index (χ1) is 18.2. The SMILES string of the molecule is CN(CCCCO[N+](=O)[O-])C(=O)CCCC=CC[C@@H]1[C@@H](CC[C@@H](O)COc2cccc(Cl)c2)[C@H](O)C[C@@H]1O. The molecule has 214 valence electrons. The van der Waals surface area contributed by atoms with Gasteiger partial charge in [-0.15, -0.1) is 10.1 Å². The molecule has 1 amide bonds. The number of nitrogens with zero attached hydrogens (tertiary/aromatic N) is 2. The number of allylic oxidation sites excluding steroid dienone is 2. The normalized spacial score (nSPS) is 21.9. The lowest BCUT2D eigenvalue weighted by Gasteiger charge is -2.23. The Balaban J connectivity index is 1.64. The van der Waals surface area contributed by atoms with E-state index >= 15 is 0 Å². The second kappa shape index (κ2) is 17.2. The summed E-state index contributed by atoms with van der Waals surface area (Å²) in [5, 5.41) is 41.1. The van der Waals surface area contributed by atoms with Crippen LogP contribution in [0.4, 0.5) is 0 Å². The van der Waals surface area contributed by atoms with Gasteiger partial charge in [0.05, 0.1) is 24.9 Å². The first-order valence-corrected chi connectivity index (χ1v) is 13.6. The Labute approximate surface area is 229 Å². The molecule has 0 unspecified atom stereocenters. The van der Waals surface area contributed by atoms with Crippen molar-refractivity contribution >= 4 is 17.5 Å². The Morgan fingerprint density at radius 1 is 1.24 bits per heavy atom. The quantitative estimate of drug-likeness (QED) is 0.107. The van der Waals surface area contributed by atoms with Crippen molar-refractivity contribution in [3.8, 4) is 5.75 Å². The van der Waals surface area contributed by atoms with Gasteiger partial charge >= 0.3 is 0 Å². The highest BCUT2D eigenvalue weighted by atomic mass is 35.5. The number of carbonyl (C=O) groups excluding carboxylic acids is 1. The predicted octanol–water partition coefficient (Wildman–Crippen LogP) is 3.78. The number of amides is 1. The lowest BCUT2D eigenvalue weighted by atomic mass is 9.86. The summed E-state index contributed by atoms with van der Waals surface area (Å²) in [5.41, 5.74) is 0. The van der Waals surface area contributed by atoms with Crippen molar-refractivity contribution in [1.82, 2.24) is 4.90 Å². The molecule has 11 heteroatoms. The molecule has 0 aliphatic heterocycles. The summed E-state index contributed by atoms with van der Waals surface area (Å²) in [6.07, 6.45) is 7.08. The summed E-state index contributed by atoms with van der Waals surface area (Å²) < 4.78 is 5.60. The standard InChI is InChI=1S/C27H41ClN2O8/c1-29(15-6-7-16-38-30(35)36)27(34)12-5-3-2-4-11-23-24(26(33)18-25(23)32)14-13-21(31)19-37-22-10-8-9-20(28)17-22/h2,4,8-10,17,21,23-26,31-33H,3,5-7,11-16,18-19H2,1H3/t21-,23-,24-,25+,26-/m1/s1. The van der Waals surface area contributed by atoms with Crippen LogP contribution in [0.25, 0.3) is 0 Å². The summed E-state index contributed by atoms with van der Waals surface area (Å²) in [7, 11) is 1.72. The third kappa shape index (κ3) is 12.0. The zero-order valence-corrected chi connectivity index (χ0v) is 22.7. The first-order valence-electron chi connectivity index (χ1n) is 13.3. The summed E-state index contributed by atoms with van der Waals surface area (Å²) in [6, 6.07) is 6.98. The topological polar surface area (TPSA) is 143 Å². The lowest BCUT2D eigenvalue weighted by Crippen LogP contribution is -2.27. The zero-order chi connectivity index (χ0) is 27.9. The van der Waals surface area contributed by atoms with Crippen LogP contribution in [0.1, 0.15) is 57.8 Å². The molecule has 2 rings (SSSR count). The van der Waals surface area contributed by atoms with Gasteiger partial charge in [0.25, 0.3) is 5.09 Å². The number of aliphatic hydroxyl groups excluding tert-OH is 3. The second-order valence-electron chi connectivity index (χ2n) is 9.88. The van der Waals surface area contributed by atoms with Gasteiger partial charge in [-0.2, -0.15) is 0 Å². The van der Waals surface area contributed by atoms with Crippen molar-refractivity contribution in [3.05, 3.63) is 51.6 Å². The minimum absolute atomic E-state index is 0.0286. The Hall–Kier alpha value is -2.40. The van der Waals surface area contributed by atoms with Gasteiger partial charge in [0.15, 0.2) is 0 Å². The van der Waals surface area contributed by atoms with Gasteiger partial charge in [0, 0.05) is 25.0 Å². The predicted molar refractivity (Wildman–Crippen MR) is 143 cm³/mol. The molecule has 10 nitrogen and oxygen atoms in total. The molecule has 1 fully saturated rings. The molecule has 0 radical (unpaired) electrons. The maximum Gasteiger partial charge on any atom is 0.294 e. The number of halogens is 1. The smallest absolute Gasteiger partial charge is 0.294 e. The van der Waals surface area contributed by atoms with E-state index in [1.165, 1.54) is 0 Å². The molecule has 0 bridgehead atoms. The second-order valence-corrected chi connectivity index (χ2v) is 10.3. The van der Waals surface area contributed by atoms with Crippen LogP contribution >= 0.6 is 11.6 Å². The number of hydrogen-bond donors (Lipinski definition) is 3. The number of carbonyl (C=O) groups is 1. The van der Waals surface area contributed by atoms with Crippen molar-refractivity contribution in [3.63, 3.8) is 0 Å². The summed E-state index contributed by atoms with van der Waals surface area (Å²) in [5.74, 6) is 0.418. The molecule has 1 aromatic rings. The van der Waals surface area contributed by atoms with E-state index in [2.05, 4.69) is 4.84 Å². The third-order valence-electron chi connectivity index (χ3n) is 6.94. The van der Waals surface area contributed by atoms with Gasteiger partial charge in [0.2, 0.25) is 5.91 Å². The Kier molecular flexibility index (Phi) is 14.4. The van der Waals surface area contributed by atoms with Crippen LogP contribution in [-0.2, 0) is 9.63 Å². The molecule has 38 heavy (non-hydrogen) atoms. The molecular formula is C27H41ClN2O8. The molecule has 3 N–H and O–H groups in total. The molecule has 5 atom stereocenters. The largest absolute Gasteiger partial charge is 0.491 e. The summed E-state index contributed by atoms with van der Waals surface area (Å²) >= 11 is 5.95. The highest BCUT2D eigenvalue weighted by Crippen LogP contribution is 2.38. The molecule has 0 spiro atoms. The fourth-order valence-corrected chi connectivity index (χ4v) is 4.95. The molecule has 1 aliphatic carbocycles. The van der Waals surface area contributed by atoms with Crippen molar-refractivity contribution in [2.24, 2.45) is 11.8 Å². The minimum atomic E-state index is -0.816. The van der Waals surface area contributed by atoms with E-state index in [9.17, 15) is 30.2 Å². The van der Waals surface area contributed by atoms with Crippen LogP contribution in [0, 0.1) is 22.0 Å². The van der Waals surface area contributed by atoms with Crippen LogP contribution in [0.2, 0.25) is 5.02 Å². The van der Waals surface area contributed by atoms with Gasteiger partial charge in [0.1, 0.15) is 12.4 Å². The van der Waals surface area contributed by atoms with Gasteiger partial charge in [-0.05, 0) is 81.4 Å². The van der Waals surface area contributed by atoms with E-state index in [0.717, 1.165) is 6.42 Å². The molecular weight excluding hydrogens is 516 g/mol. The highest BCUT2D eigenvalue weighted by Gasteiger charge is 2.40. The third-order valence-corrected chi connectivity index (χ3v) is 7.17. The van der Waals surface area contributed by atoms with Gasteiger partial charge in [-0.3, -0.25) is 4.79 Å². The van der Waals surface area contributed by atoms with E-state index in [1.54, 1.807) is 36.2 Å². The van der Waals surface area contributed by atoms with Crippen LogP contribution in [-0.4, -0.2) is 76.3 Å². The Morgan fingerprint density at radius 2 is 2.00 bits per heavy atom. The number of ether oxygens (including phenoxy) is 1. The Morgan fingerprint density at radius 3 is 2.74 bits per heavy atom. The molecule has 0 heterocycles. The van der Waals surface area contributed by atoms with Crippen molar-refractivity contribution in [2.45, 2.75) is 76.1 Å². The number of hydrogen-bond acceptors (Lipinski definition) is 8. The molecule has 1 aromatic carbocycles. The number of aliphatic hydroxyl groups is 3. The molecule has 0 aromatic heterocycles. The summed E-state index contributed by atoms with van der Waals surface area (Å²) in [6.45, 7) is 0.688. The first kappa shape index (κ1) is 31.8. The zero-order valence-electron chi connectivity index (χ0n) is 22.0. The molecule has 0 saturated heterocycles. The average Bonchev–Trinajstić information content (AvgIpc) is 3.14. The van der Waals surface area contributed by atoms with Gasteiger partial charge < -0.3 is 29.8 Å². The maximum absolute atomic E-state index is 12.2. The van der Waals surface area contributed by atoms with Crippen LogP contribution in [0.5, 0.6) is 5.75 Å². The fraction of sp³-hybridized carbons (Fsp3) is 0.667.